The first kappa shape index (κ1) is 11.2. The predicted molar refractivity (Wildman–Crippen MR) is 55.5 cm³/mol. The molecular formula is C9H19ClN2O. The maximum atomic E-state index is 5.73. The summed E-state index contributed by atoms with van der Waals surface area (Å²) in [5.74, 6) is 0.791. The molecule has 2 N–H and O–H groups in total. The molecule has 13 heavy (non-hydrogen) atoms. The number of hydrogen-bond acceptors (Lipinski definition) is 3. The molecule has 0 bridgehead atoms. The van der Waals surface area contributed by atoms with Gasteiger partial charge < -0.3 is 15.4 Å². The molecule has 2 fully saturated rings. The van der Waals surface area contributed by atoms with Crippen molar-refractivity contribution in [3.05, 3.63) is 0 Å². The largest absolute Gasteiger partial charge is 0.375 e. The summed E-state index contributed by atoms with van der Waals surface area (Å²) in [4.78, 5) is 0. The van der Waals surface area contributed by atoms with Crippen molar-refractivity contribution in [1.82, 2.24) is 10.6 Å². The Morgan fingerprint density at radius 1 is 1.00 bits per heavy atom. The van der Waals surface area contributed by atoms with Crippen LogP contribution in [0.2, 0.25) is 0 Å². The minimum atomic E-state index is 0. The maximum Gasteiger partial charge on any atom is 0.0729 e. The van der Waals surface area contributed by atoms with E-state index in [2.05, 4.69) is 10.6 Å². The second-order valence-corrected chi connectivity index (χ2v) is 3.70. The van der Waals surface area contributed by atoms with Crippen LogP contribution in [0.25, 0.3) is 0 Å². The summed E-state index contributed by atoms with van der Waals surface area (Å²) in [5, 5.41) is 6.76. The van der Waals surface area contributed by atoms with Gasteiger partial charge in [-0.15, -0.1) is 12.4 Å². The van der Waals surface area contributed by atoms with E-state index in [-0.39, 0.29) is 12.4 Å². The van der Waals surface area contributed by atoms with Gasteiger partial charge >= 0.3 is 0 Å². The van der Waals surface area contributed by atoms with E-state index in [4.69, 9.17) is 4.74 Å². The molecule has 0 amide bonds. The Hall–Kier alpha value is 0.170. The van der Waals surface area contributed by atoms with Crippen LogP contribution in [0.3, 0.4) is 0 Å². The standard InChI is InChI=1S/C9H18N2O.ClH/c1-3-10-4-2-8(1)9-7-11-5-6-12-9;/h8-11H,1-7H2;1H. The van der Waals surface area contributed by atoms with E-state index in [0.717, 1.165) is 25.6 Å². The van der Waals surface area contributed by atoms with Crippen molar-refractivity contribution in [1.29, 1.82) is 0 Å². The van der Waals surface area contributed by atoms with Gasteiger partial charge in [0, 0.05) is 13.1 Å². The van der Waals surface area contributed by atoms with Gasteiger partial charge in [-0.3, -0.25) is 0 Å². The fourth-order valence-electron chi connectivity index (χ4n) is 2.10. The van der Waals surface area contributed by atoms with Gasteiger partial charge in [-0.25, -0.2) is 0 Å². The Bertz CT molecular complexity index is 118. The van der Waals surface area contributed by atoms with Crippen molar-refractivity contribution in [3.63, 3.8) is 0 Å². The summed E-state index contributed by atoms with van der Waals surface area (Å²) in [6.45, 7) is 5.33. The van der Waals surface area contributed by atoms with E-state index in [1.807, 2.05) is 0 Å². The van der Waals surface area contributed by atoms with E-state index >= 15 is 0 Å². The van der Waals surface area contributed by atoms with Crippen LogP contribution in [0.4, 0.5) is 0 Å². The Labute approximate surface area is 86.0 Å². The van der Waals surface area contributed by atoms with Gasteiger partial charge in [-0.05, 0) is 31.8 Å². The highest BCUT2D eigenvalue weighted by atomic mass is 35.5. The van der Waals surface area contributed by atoms with Gasteiger partial charge in [-0.2, -0.15) is 0 Å². The maximum absolute atomic E-state index is 5.73. The van der Waals surface area contributed by atoms with Crippen molar-refractivity contribution in [3.8, 4) is 0 Å². The first-order valence-electron chi connectivity index (χ1n) is 5.00. The number of rotatable bonds is 1. The summed E-state index contributed by atoms with van der Waals surface area (Å²) >= 11 is 0. The minimum Gasteiger partial charge on any atom is -0.375 e. The van der Waals surface area contributed by atoms with Crippen LogP contribution in [0.1, 0.15) is 12.8 Å². The van der Waals surface area contributed by atoms with Gasteiger partial charge in [0.1, 0.15) is 0 Å². The van der Waals surface area contributed by atoms with Crippen molar-refractivity contribution in [2.24, 2.45) is 5.92 Å². The predicted octanol–water partition coefficient (Wildman–Crippen LogP) is 0.396. The highest BCUT2D eigenvalue weighted by molar-refractivity contribution is 5.85. The highest BCUT2D eigenvalue weighted by Crippen LogP contribution is 2.19. The lowest BCUT2D eigenvalue weighted by atomic mass is 9.91. The fraction of sp³-hybridized carbons (Fsp3) is 1.00. The summed E-state index contributed by atoms with van der Waals surface area (Å²) in [5.41, 5.74) is 0. The number of piperidine rings is 1. The normalized spacial score (nSPS) is 30.9. The molecule has 78 valence electrons. The number of hydrogen-bond donors (Lipinski definition) is 2. The molecule has 1 atom stereocenters. The molecule has 0 spiro atoms. The van der Waals surface area contributed by atoms with Crippen molar-refractivity contribution in [2.75, 3.05) is 32.8 Å². The monoisotopic (exact) mass is 206 g/mol. The quantitative estimate of drug-likeness (QED) is 0.652. The molecule has 2 heterocycles. The van der Waals surface area contributed by atoms with Crippen LogP contribution in [0.15, 0.2) is 0 Å². The third-order valence-corrected chi connectivity index (χ3v) is 2.87. The van der Waals surface area contributed by atoms with Crippen molar-refractivity contribution in [2.45, 2.75) is 18.9 Å². The van der Waals surface area contributed by atoms with E-state index in [1.165, 1.54) is 25.9 Å². The Balaban J connectivity index is 0.000000845. The molecule has 3 nitrogen and oxygen atoms in total. The van der Waals surface area contributed by atoms with Crippen LogP contribution in [-0.4, -0.2) is 38.9 Å². The molecule has 0 aliphatic carbocycles. The molecular weight excluding hydrogens is 188 g/mol. The van der Waals surface area contributed by atoms with Crippen LogP contribution < -0.4 is 10.6 Å². The third-order valence-electron chi connectivity index (χ3n) is 2.87. The van der Waals surface area contributed by atoms with Crippen molar-refractivity contribution < 1.29 is 4.74 Å². The molecule has 0 aromatic carbocycles. The van der Waals surface area contributed by atoms with Gasteiger partial charge in [0.05, 0.1) is 12.7 Å². The second-order valence-electron chi connectivity index (χ2n) is 3.70. The van der Waals surface area contributed by atoms with E-state index in [9.17, 15) is 0 Å². The molecule has 2 aliphatic rings. The molecule has 2 saturated heterocycles. The van der Waals surface area contributed by atoms with E-state index in [0.29, 0.717) is 6.10 Å². The zero-order valence-corrected chi connectivity index (χ0v) is 8.74. The number of ether oxygens (including phenoxy) is 1. The highest BCUT2D eigenvalue weighted by Gasteiger charge is 2.25. The molecule has 0 aromatic heterocycles. The smallest absolute Gasteiger partial charge is 0.0729 e. The zero-order valence-electron chi connectivity index (χ0n) is 7.92. The SMILES string of the molecule is C1CC(C2CNCCO2)CCN1.Cl. The Kier molecular flexibility index (Phi) is 5.02. The lowest BCUT2D eigenvalue weighted by Gasteiger charge is -2.33. The average molecular weight is 207 g/mol. The van der Waals surface area contributed by atoms with Gasteiger partial charge in [0.15, 0.2) is 0 Å². The molecule has 1 unspecified atom stereocenters. The summed E-state index contributed by atoms with van der Waals surface area (Å²) in [6.07, 6.45) is 3.06. The van der Waals surface area contributed by atoms with Crippen LogP contribution in [-0.2, 0) is 4.74 Å². The lowest BCUT2D eigenvalue weighted by molar-refractivity contribution is -0.0171. The zero-order chi connectivity index (χ0) is 8.23. The molecule has 0 aromatic rings. The summed E-state index contributed by atoms with van der Waals surface area (Å²) < 4.78 is 5.73. The topological polar surface area (TPSA) is 33.3 Å². The number of morpholine rings is 1. The molecule has 2 rings (SSSR count). The van der Waals surface area contributed by atoms with Gasteiger partial charge in [0.25, 0.3) is 0 Å². The molecule has 4 heteroatoms. The Morgan fingerprint density at radius 2 is 1.77 bits per heavy atom. The Morgan fingerprint density at radius 3 is 2.38 bits per heavy atom. The average Bonchev–Trinajstić information content (AvgIpc) is 2.21. The first-order chi connectivity index (χ1) is 5.97. The fourth-order valence-corrected chi connectivity index (χ4v) is 2.10. The number of halogens is 1. The summed E-state index contributed by atoms with van der Waals surface area (Å²) in [7, 11) is 0. The summed E-state index contributed by atoms with van der Waals surface area (Å²) in [6, 6.07) is 0. The van der Waals surface area contributed by atoms with Crippen molar-refractivity contribution >= 4 is 12.4 Å². The lowest BCUT2D eigenvalue weighted by Crippen LogP contribution is -2.45. The van der Waals surface area contributed by atoms with E-state index in [1.54, 1.807) is 0 Å². The second kappa shape index (κ2) is 5.81. The van der Waals surface area contributed by atoms with Crippen LogP contribution in [0.5, 0.6) is 0 Å². The molecule has 0 saturated carbocycles. The van der Waals surface area contributed by atoms with Gasteiger partial charge in [-0.1, -0.05) is 0 Å². The van der Waals surface area contributed by atoms with Crippen LogP contribution in [0, 0.1) is 5.92 Å². The molecule has 2 aliphatic heterocycles. The van der Waals surface area contributed by atoms with E-state index < -0.39 is 0 Å². The minimum absolute atomic E-state index is 0. The third kappa shape index (κ3) is 3.09. The van der Waals surface area contributed by atoms with Crippen LogP contribution >= 0.6 is 12.4 Å². The molecule has 0 radical (unpaired) electrons. The van der Waals surface area contributed by atoms with Gasteiger partial charge in [0.2, 0.25) is 0 Å². The number of nitrogens with one attached hydrogen (secondary N) is 2. The first-order valence-corrected chi connectivity index (χ1v) is 5.00.